The molecule has 2 aromatic heterocycles. The summed E-state index contributed by atoms with van der Waals surface area (Å²) in [5, 5.41) is 28.5. The Morgan fingerprint density at radius 1 is 0.851 bits per heavy atom. The smallest absolute Gasteiger partial charge is 0.168 e. The number of benzene rings is 3. The van der Waals surface area contributed by atoms with Gasteiger partial charge in [-0.15, -0.1) is 0 Å². The van der Waals surface area contributed by atoms with Crippen molar-refractivity contribution < 1.29 is 29.2 Å². The average Bonchev–Trinajstić information content (AvgIpc) is 3.65. The maximum Gasteiger partial charge on any atom is 0.168 e. The largest absolute Gasteiger partial charge is 0.493 e. The van der Waals surface area contributed by atoms with Crippen LogP contribution in [0.4, 0.5) is 5.82 Å². The van der Waals surface area contributed by atoms with E-state index in [2.05, 4.69) is 39.9 Å². The second-order valence-corrected chi connectivity index (χ2v) is 11.4. The van der Waals surface area contributed by atoms with E-state index < -0.39 is 24.5 Å². The van der Waals surface area contributed by atoms with Gasteiger partial charge in [0.05, 0.1) is 33.7 Å². The van der Waals surface area contributed by atoms with E-state index >= 15 is 0 Å². The number of nitrogens with one attached hydrogen (secondary N) is 2. The molecule has 1 saturated heterocycles. The van der Waals surface area contributed by atoms with E-state index in [1.165, 1.54) is 18.2 Å². The molecule has 1 aliphatic heterocycles. The molecule has 5 aromatic rings. The molecule has 3 heterocycles. The van der Waals surface area contributed by atoms with Crippen LogP contribution in [0.25, 0.3) is 11.2 Å². The Morgan fingerprint density at radius 3 is 2.21 bits per heavy atom. The fraction of sp³-hybridized carbons (Fsp3) is 0.343. The fourth-order valence-corrected chi connectivity index (χ4v) is 5.92. The van der Waals surface area contributed by atoms with Crippen molar-refractivity contribution in [3.05, 3.63) is 108 Å². The monoisotopic (exact) mass is 640 g/mol. The van der Waals surface area contributed by atoms with Crippen LogP contribution in [-0.2, 0) is 22.6 Å². The van der Waals surface area contributed by atoms with Crippen molar-refractivity contribution in [2.75, 3.05) is 39.8 Å². The van der Waals surface area contributed by atoms with Gasteiger partial charge in [0.25, 0.3) is 0 Å². The van der Waals surface area contributed by atoms with Gasteiger partial charge in [-0.3, -0.25) is 4.57 Å². The van der Waals surface area contributed by atoms with Gasteiger partial charge in [-0.25, -0.2) is 15.0 Å². The number of aromatic nitrogens is 4. The molecule has 1 fully saturated rings. The number of aliphatic hydroxyl groups is 2. The van der Waals surface area contributed by atoms with E-state index in [1.54, 1.807) is 25.1 Å². The second-order valence-electron chi connectivity index (χ2n) is 11.4. The highest BCUT2D eigenvalue weighted by Crippen LogP contribution is 2.33. The van der Waals surface area contributed by atoms with Gasteiger partial charge in [-0.05, 0) is 28.8 Å². The van der Waals surface area contributed by atoms with E-state index in [1.807, 2.05) is 54.6 Å². The molecular formula is C35H40N6O6. The first-order valence-electron chi connectivity index (χ1n) is 15.5. The summed E-state index contributed by atoms with van der Waals surface area (Å²) in [4.78, 5) is 14.4. The topological polar surface area (TPSA) is 145 Å². The van der Waals surface area contributed by atoms with E-state index in [0.717, 1.165) is 5.56 Å². The van der Waals surface area contributed by atoms with E-state index in [9.17, 15) is 10.2 Å². The first-order chi connectivity index (χ1) is 23.0. The van der Waals surface area contributed by atoms with Crippen molar-refractivity contribution >= 4 is 17.0 Å². The summed E-state index contributed by atoms with van der Waals surface area (Å²) in [6.07, 6.45) is -2.38. The molecule has 47 heavy (non-hydrogen) atoms. The first-order valence-corrected chi connectivity index (χ1v) is 15.5. The highest BCUT2D eigenvalue weighted by atomic mass is 16.6. The van der Waals surface area contributed by atoms with Crippen LogP contribution in [0.2, 0.25) is 0 Å². The number of methoxy groups -OCH3 is 3. The summed E-state index contributed by atoms with van der Waals surface area (Å²) >= 11 is 0. The quantitative estimate of drug-likeness (QED) is 0.141. The summed E-state index contributed by atoms with van der Waals surface area (Å²) < 4.78 is 23.7. The Balaban J connectivity index is 1.31. The standard InChI is InChI=1S/C35H40N6O6/c1-44-20-28-31(42)32(43)35(47-28)41-21-38-30-33(37-18-25(23-10-6-4-7-11-23)24-12-8-5-9-13-24)39-29(40-34(30)41)19-36-17-22-14-15-26(45-2)27(16-22)46-3/h4-16,21,25,28,31-32,35-36,42-43H,17-20H2,1-3H3,(H,37,39,40)/t28-,31?,32?,35?/m1/s1. The molecule has 6 rings (SSSR count). The molecule has 246 valence electrons. The van der Waals surface area contributed by atoms with Gasteiger partial charge in [0.15, 0.2) is 34.7 Å². The third kappa shape index (κ3) is 7.07. The number of aliphatic hydroxyl groups excluding tert-OH is 2. The normalized spacial score (nSPS) is 19.4. The number of fused-ring (bicyclic) bond motifs is 1. The molecule has 1 aliphatic rings. The minimum absolute atomic E-state index is 0.0427. The highest BCUT2D eigenvalue weighted by Gasteiger charge is 2.44. The lowest BCUT2D eigenvalue weighted by Gasteiger charge is -2.20. The van der Waals surface area contributed by atoms with Crippen molar-refractivity contribution in [2.24, 2.45) is 0 Å². The highest BCUT2D eigenvalue weighted by molar-refractivity contribution is 5.83. The van der Waals surface area contributed by atoms with Gasteiger partial charge in [0.1, 0.15) is 24.1 Å². The third-order valence-electron chi connectivity index (χ3n) is 8.35. The third-order valence-corrected chi connectivity index (χ3v) is 8.35. The second kappa shape index (κ2) is 14.9. The van der Waals surface area contributed by atoms with Crippen LogP contribution in [0.3, 0.4) is 0 Å². The molecule has 12 heteroatoms. The minimum atomic E-state index is -1.20. The van der Waals surface area contributed by atoms with Crippen LogP contribution >= 0.6 is 0 Å². The zero-order valence-electron chi connectivity index (χ0n) is 26.6. The predicted molar refractivity (Wildman–Crippen MR) is 176 cm³/mol. The number of ether oxygens (including phenoxy) is 4. The summed E-state index contributed by atoms with van der Waals surface area (Å²) in [7, 11) is 4.74. The first kappa shape index (κ1) is 32.4. The number of hydrogen-bond donors (Lipinski definition) is 4. The Hall–Kier alpha value is -4.59. The molecule has 0 bridgehead atoms. The number of hydrogen-bond acceptors (Lipinski definition) is 11. The molecular weight excluding hydrogens is 600 g/mol. The van der Waals surface area contributed by atoms with Crippen LogP contribution in [-0.4, -0.2) is 82.5 Å². The van der Waals surface area contributed by atoms with Crippen LogP contribution < -0.4 is 20.1 Å². The Morgan fingerprint density at radius 2 is 1.55 bits per heavy atom. The number of imidazole rings is 1. The maximum absolute atomic E-state index is 10.9. The molecule has 0 saturated carbocycles. The SMILES string of the molecule is COC[C@H]1OC(n2cnc3c(NCC(c4ccccc4)c4ccccc4)nc(CNCc4ccc(OC)c(OC)c4)nc32)C(O)C1O. The summed E-state index contributed by atoms with van der Waals surface area (Å²) in [6.45, 7) is 1.55. The van der Waals surface area contributed by atoms with Crippen molar-refractivity contribution in [1.82, 2.24) is 24.8 Å². The van der Waals surface area contributed by atoms with Crippen LogP contribution in [0, 0.1) is 0 Å². The molecule has 3 aromatic carbocycles. The summed E-state index contributed by atoms with van der Waals surface area (Å²) in [6, 6.07) is 26.4. The van der Waals surface area contributed by atoms with Gasteiger partial charge in [-0.1, -0.05) is 66.7 Å². The number of anilines is 1. The van der Waals surface area contributed by atoms with Gasteiger partial charge < -0.3 is 39.8 Å². The van der Waals surface area contributed by atoms with Gasteiger partial charge in [0, 0.05) is 26.1 Å². The van der Waals surface area contributed by atoms with Gasteiger partial charge in [-0.2, -0.15) is 0 Å². The lowest BCUT2D eigenvalue weighted by atomic mass is 9.91. The van der Waals surface area contributed by atoms with Gasteiger partial charge in [0.2, 0.25) is 0 Å². The zero-order valence-corrected chi connectivity index (χ0v) is 26.6. The lowest BCUT2D eigenvalue weighted by molar-refractivity contribution is -0.0580. The molecule has 0 spiro atoms. The Kier molecular flexibility index (Phi) is 10.2. The molecule has 4 atom stereocenters. The van der Waals surface area contributed by atoms with E-state index in [-0.39, 0.29) is 12.5 Å². The molecule has 0 radical (unpaired) electrons. The average molecular weight is 641 g/mol. The molecule has 0 amide bonds. The van der Waals surface area contributed by atoms with E-state index in [4.69, 9.17) is 28.9 Å². The molecule has 3 unspecified atom stereocenters. The minimum Gasteiger partial charge on any atom is -0.493 e. The number of rotatable bonds is 14. The van der Waals surface area contributed by atoms with Crippen molar-refractivity contribution in [2.45, 2.75) is 43.5 Å². The summed E-state index contributed by atoms with van der Waals surface area (Å²) in [5.74, 6) is 2.42. The Bertz CT molecular complexity index is 1710. The number of nitrogens with zero attached hydrogens (tertiary/aromatic N) is 4. The summed E-state index contributed by atoms with van der Waals surface area (Å²) in [5.41, 5.74) is 4.32. The molecule has 12 nitrogen and oxygen atoms in total. The zero-order chi connectivity index (χ0) is 32.8. The predicted octanol–water partition coefficient (Wildman–Crippen LogP) is 3.64. The van der Waals surface area contributed by atoms with Crippen LogP contribution in [0.15, 0.2) is 85.2 Å². The molecule has 4 N–H and O–H groups in total. The van der Waals surface area contributed by atoms with Crippen molar-refractivity contribution in [1.29, 1.82) is 0 Å². The van der Waals surface area contributed by atoms with Crippen LogP contribution in [0.1, 0.15) is 34.7 Å². The van der Waals surface area contributed by atoms with Crippen LogP contribution in [0.5, 0.6) is 11.5 Å². The lowest BCUT2D eigenvalue weighted by Crippen LogP contribution is -2.33. The van der Waals surface area contributed by atoms with Crippen molar-refractivity contribution in [3.63, 3.8) is 0 Å². The fourth-order valence-electron chi connectivity index (χ4n) is 5.92. The van der Waals surface area contributed by atoms with Gasteiger partial charge >= 0.3 is 0 Å². The molecule has 0 aliphatic carbocycles. The van der Waals surface area contributed by atoms with E-state index in [0.29, 0.717) is 53.9 Å². The maximum atomic E-state index is 10.9. The Labute approximate surface area is 273 Å². The van der Waals surface area contributed by atoms with Crippen molar-refractivity contribution in [3.8, 4) is 11.5 Å².